The van der Waals surface area contributed by atoms with E-state index in [1.54, 1.807) is 0 Å². The van der Waals surface area contributed by atoms with E-state index in [1.807, 2.05) is 0 Å². The molecular formula is C44H89BN4NaO21. The van der Waals surface area contributed by atoms with Crippen LogP contribution in [0.2, 0.25) is 0 Å². The Hall–Kier alpha value is -0.405. The standard InChI is InChI=1S/C22H45NO10.C13H24O11.C8H20N2.CN.B.Na/c1-31-13-16-19(28)20(29)21(30)22(33-16)32-12-15(25)18(27)17(26)14(24)10-8-6-4-2-3-5-7-9-11-23;1-21-2-4-6(14)9(17)11(19)13(24-4)22-3-5-7(15)8(16)10(18)12(20)23-5;9-7-5-3-1-2-4-6-8-10;1-2;;/h14-22,24-30H,2-13,23H2,1H3;4-20H,2-3H2,1H3;1-10H2;;;/q;;;-1;;+1/t14?,15?,16?,17-,18-,19-,20+,21?,22+;4?,5?,6-,7-,8+,9+,10?,11?,12?,13+;;;;/m11..../s1. The van der Waals surface area contributed by atoms with Crippen LogP contribution in [-0.2, 0) is 33.2 Å². The van der Waals surface area contributed by atoms with Crippen LogP contribution in [0.5, 0.6) is 0 Å². The van der Waals surface area contributed by atoms with E-state index < -0.39 is 130 Å². The zero-order valence-electron chi connectivity index (χ0n) is 41.9. The van der Waals surface area contributed by atoms with Crippen molar-refractivity contribution in [2.75, 3.05) is 60.3 Å². The minimum atomic E-state index is -1.72. The minimum absolute atomic E-state index is 0. The molecule has 0 aromatic rings. The summed E-state index contributed by atoms with van der Waals surface area (Å²) in [6.45, 7) is 6.08. The molecule has 3 aliphatic heterocycles. The normalized spacial score (nSPS) is 32.1. The Bertz CT molecular complexity index is 1240. The number of ether oxygens (including phenoxy) is 7. The Morgan fingerprint density at radius 1 is 0.437 bits per heavy atom. The number of nitrogens with two attached hydrogens (primary N) is 3. The number of aliphatic hydroxyl groups is 14. The molecule has 0 bridgehead atoms. The predicted octanol–water partition coefficient (Wildman–Crippen LogP) is -8.41. The molecule has 3 radical (unpaired) electrons. The molecule has 9 unspecified atom stereocenters. The Balaban J connectivity index is -0.00000106. The van der Waals surface area contributed by atoms with Crippen LogP contribution in [0, 0.1) is 11.8 Å². The molecule has 3 saturated heterocycles. The summed E-state index contributed by atoms with van der Waals surface area (Å²) in [5.41, 5.74) is 16.2. The van der Waals surface area contributed by atoms with Crippen molar-refractivity contribution >= 4 is 8.41 Å². The molecule has 0 aromatic carbocycles. The van der Waals surface area contributed by atoms with Crippen molar-refractivity contribution in [3.8, 4) is 0 Å². The first kappa shape index (κ1) is 74.8. The van der Waals surface area contributed by atoms with Crippen LogP contribution in [0.15, 0.2) is 0 Å². The molecule has 415 valence electrons. The number of nitrogens with zero attached hydrogens (tertiary/aromatic N) is 1. The Labute approximate surface area is 442 Å². The molecular weight excluding hydrogens is 954 g/mol. The predicted molar refractivity (Wildman–Crippen MR) is 249 cm³/mol. The second-order valence-electron chi connectivity index (χ2n) is 17.4. The van der Waals surface area contributed by atoms with Gasteiger partial charge in [0, 0.05) is 22.6 Å². The maximum Gasteiger partial charge on any atom is 1.00 e. The minimum Gasteiger partial charge on any atom is -0.512 e. The molecule has 0 saturated carbocycles. The quantitative estimate of drug-likeness (QED) is 0.0180. The average molecular weight is 1040 g/mol. The van der Waals surface area contributed by atoms with E-state index in [9.17, 15) is 71.5 Å². The third kappa shape index (κ3) is 28.5. The van der Waals surface area contributed by atoms with E-state index in [0.29, 0.717) is 6.42 Å². The average Bonchev–Trinajstić information content (AvgIpc) is 3.35. The van der Waals surface area contributed by atoms with Gasteiger partial charge in [0.25, 0.3) is 0 Å². The van der Waals surface area contributed by atoms with E-state index in [2.05, 4.69) is 0 Å². The van der Waals surface area contributed by atoms with Crippen molar-refractivity contribution in [1.82, 2.24) is 0 Å². The van der Waals surface area contributed by atoms with Crippen LogP contribution in [0.25, 0.3) is 0 Å². The van der Waals surface area contributed by atoms with E-state index in [1.165, 1.54) is 59.2 Å². The van der Waals surface area contributed by atoms with Gasteiger partial charge < -0.3 is 134 Å². The first-order valence-electron chi connectivity index (χ1n) is 24.0. The molecule has 71 heavy (non-hydrogen) atoms. The first-order chi connectivity index (χ1) is 32.9. The number of methoxy groups -OCH3 is 2. The number of hydrogen-bond acceptors (Lipinski definition) is 25. The van der Waals surface area contributed by atoms with Crippen molar-refractivity contribution in [3.63, 3.8) is 0 Å². The van der Waals surface area contributed by atoms with Gasteiger partial charge in [-0.25, -0.2) is 0 Å². The topological polar surface area (TPSA) is 450 Å². The molecule has 27 heteroatoms. The SMILES string of the molecule is COCC1O[C@H](OCC(O)[C@@H](O)[C@H](O)C(O)CCCCCCCCCCN)C(O)[C@@H](O)[C@@H]1O.COCC1O[C@H](OCC2OC(O)C(O)[C@@H](O)[C@@H]2O)C(O)[C@@H](O)[C@@H]1O.NCCCCCCCCN.[B].[C-]#N.[Na+]. The van der Waals surface area contributed by atoms with Gasteiger partial charge in [0.15, 0.2) is 18.9 Å². The number of unbranched alkanes of at least 4 members (excludes halogenated alkanes) is 12. The molecule has 19 atom stereocenters. The summed E-state index contributed by atoms with van der Waals surface area (Å²) in [6, 6.07) is 0. The zero-order valence-corrected chi connectivity index (χ0v) is 43.9. The fourth-order valence-corrected chi connectivity index (χ4v) is 7.44. The van der Waals surface area contributed by atoms with Gasteiger partial charge in [-0.05, 0) is 45.3 Å². The third-order valence-corrected chi connectivity index (χ3v) is 11.8. The summed E-state index contributed by atoms with van der Waals surface area (Å²) >= 11 is 0. The summed E-state index contributed by atoms with van der Waals surface area (Å²) in [5, 5.41) is 144. The van der Waals surface area contributed by atoms with Crippen molar-refractivity contribution in [1.29, 1.82) is 5.26 Å². The van der Waals surface area contributed by atoms with Gasteiger partial charge in [-0.3, -0.25) is 0 Å². The molecule has 0 spiro atoms. The summed E-state index contributed by atoms with van der Waals surface area (Å²) in [6.07, 6.45) is -11.4. The van der Waals surface area contributed by atoms with Gasteiger partial charge in [0.1, 0.15) is 91.6 Å². The molecule has 3 fully saturated rings. The van der Waals surface area contributed by atoms with Crippen LogP contribution in [0.4, 0.5) is 0 Å². The van der Waals surface area contributed by atoms with Crippen molar-refractivity contribution in [2.45, 2.75) is 213 Å². The zero-order chi connectivity index (χ0) is 52.5. The summed E-state index contributed by atoms with van der Waals surface area (Å²) in [5.74, 6) is 0. The molecule has 3 heterocycles. The largest absolute Gasteiger partial charge is 1.00 e. The second kappa shape index (κ2) is 44.7. The number of aliphatic hydroxyl groups excluding tert-OH is 14. The van der Waals surface area contributed by atoms with Crippen LogP contribution in [-0.4, -0.2) is 257 Å². The molecule has 3 rings (SSSR count). The molecule has 0 aromatic heterocycles. The summed E-state index contributed by atoms with van der Waals surface area (Å²) in [7, 11) is 2.74. The number of rotatable bonds is 30. The fourth-order valence-electron chi connectivity index (χ4n) is 7.44. The van der Waals surface area contributed by atoms with Crippen molar-refractivity contribution in [2.24, 2.45) is 17.2 Å². The second-order valence-corrected chi connectivity index (χ2v) is 17.4. The molecule has 3 aliphatic rings. The smallest absolute Gasteiger partial charge is 0.512 e. The van der Waals surface area contributed by atoms with E-state index in [-0.39, 0.29) is 57.6 Å². The van der Waals surface area contributed by atoms with Gasteiger partial charge >= 0.3 is 29.6 Å². The van der Waals surface area contributed by atoms with Gasteiger partial charge in [0.2, 0.25) is 0 Å². The molecule has 20 N–H and O–H groups in total. The third-order valence-electron chi connectivity index (χ3n) is 11.8. The maximum absolute atomic E-state index is 10.2. The van der Waals surface area contributed by atoms with Gasteiger partial charge in [-0.2, -0.15) is 0 Å². The first-order valence-corrected chi connectivity index (χ1v) is 24.0. The van der Waals surface area contributed by atoms with Crippen molar-refractivity contribution < 1.29 is 134 Å². The van der Waals surface area contributed by atoms with Crippen LogP contribution < -0.4 is 46.8 Å². The van der Waals surface area contributed by atoms with E-state index >= 15 is 0 Å². The Morgan fingerprint density at radius 2 is 0.761 bits per heavy atom. The van der Waals surface area contributed by atoms with Crippen LogP contribution in [0.3, 0.4) is 0 Å². The summed E-state index contributed by atoms with van der Waals surface area (Å²) < 4.78 is 35.8. The van der Waals surface area contributed by atoms with E-state index in [0.717, 1.165) is 58.2 Å². The van der Waals surface area contributed by atoms with Crippen LogP contribution in [0.1, 0.15) is 96.3 Å². The Morgan fingerprint density at radius 3 is 1.14 bits per heavy atom. The van der Waals surface area contributed by atoms with Gasteiger partial charge in [0.05, 0.1) is 32.5 Å². The van der Waals surface area contributed by atoms with Crippen molar-refractivity contribution in [3.05, 3.63) is 6.57 Å². The monoisotopic (exact) mass is 1040 g/mol. The molecule has 0 aliphatic carbocycles. The van der Waals surface area contributed by atoms with Gasteiger partial charge in [-0.15, -0.1) is 0 Å². The fraction of sp³-hybridized carbons (Fsp3) is 0.977. The van der Waals surface area contributed by atoms with Gasteiger partial charge in [-0.1, -0.05) is 70.6 Å². The molecule has 0 amide bonds. The Kier molecular flexibility index (Phi) is 47.1. The maximum atomic E-state index is 10.2. The summed E-state index contributed by atoms with van der Waals surface area (Å²) in [4.78, 5) is 0. The van der Waals surface area contributed by atoms with Crippen LogP contribution >= 0.6 is 0 Å². The molecule has 25 nitrogen and oxygen atoms in total. The number of hydrogen-bond donors (Lipinski definition) is 17. The van der Waals surface area contributed by atoms with E-state index in [4.69, 9.17) is 62.2 Å².